The number of carboxylic acid groups (broad SMARTS) is 1. The van der Waals surface area contributed by atoms with Crippen LogP contribution in [0.1, 0.15) is 12.8 Å². The van der Waals surface area contributed by atoms with Crippen LogP contribution in [0.25, 0.3) is 0 Å². The highest BCUT2D eigenvalue weighted by Gasteiger charge is 2.46. The van der Waals surface area contributed by atoms with Gasteiger partial charge in [0.1, 0.15) is 6.61 Å². The Morgan fingerprint density at radius 2 is 2.25 bits per heavy atom. The summed E-state index contributed by atoms with van der Waals surface area (Å²) in [5, 5.41) is 8.70. The van der Waals surface area contributed by atoms with E-state index in [0.717, 1.165) is 12.8 Å². The van der Waals surface area contributed by atoms with Gasteiger partial charge >= 0.3 is 12.1 Å². The first-order valence-electron chi connectivity index (χ1n) is 3.88. The topological polar surface area (TPSA) is 66.8 Å². The second-order valence-electron chi connectivity index (χ2n) is 3.07. The Morgan fingerprint density at radius 1 is 1.58 bits per heavy atom. The fraction of sp³-hybridized carbons (Fsp3) is 0.714. The van der Waals surface area contributed by atoms with Gasteiger partial charge in [-0.2, -0.15) is 0 Å². The Morgan fingerprint density at radius 3 is 2.75 bits per heavy atom. The summed E-state index contributed by atoms with van der Waals surface area (Å²) in [6.45, 7) is -0.00926. The largest absolute Gasteiger partial charge is 0.480 e. The zero-order valence-corrected chi connectivity index (χ0v) is 6.40. The van der Waals surface area contributed by atoms with Crippen LogP contribution >= 0.6 is 0 Å². The number of carboxylic acids is 1. The molecule has 1 saturated carbocycles. The second-order valence-corrected chi connectivity index (χ2v) is 3.07. The van der Waals surface area contributed by atoms with E-state index in [2.05, 4.69) is 4.74 Å². The van der Waals surface area contributed by atoms with Gasteiger partial charge in [-0.05, 0) is 12.8 Å². The standard InChI is InChI=1S/C7H9NO4/c9-6(10)5-3-12-7(11)8(5)4-1-2-4/h4-5H,1-3H2,(H,9,10). The SMILES string of the molecule is O=C(O)C1COC(=O)N1C1CC1. The highest BCUT2D eigenvalue weighted by atomic mass is 16.6. The molecule has 0 bridgehead atoms. The summed E-state index contributed by atoms with van der Waals surface area (Å²) in [5.74, 6) is -0.979. The molecule has 2 fully saturated rings. The van der Waals surface area contributed by atoms with Crippen LogP contribution in [-0.2, 0) is 9.53 Å². The van der Waals surface area contributed by atoms with E-state index in [9.17, 15) is 9.59 Å². The summed E-state index contributed by atoms with van der Waals surface area (Å²) in [5.41, 5.74) is 0. The van der Waals surface area contributed by atoms with Crippen LogP contribution in [0.3, 0.4) is 0 Å². The van der Waals surface area contributed by atoms with Gasteiger partial charge in [-0.15, -0.1) is 0 Å². The van der Waals surface area contributed by atoms with E-state index in [-0.39, 0.29) is 12.6 Å². The van der Waals surface area contributed by atoms with Crippen LogP contribution in [0.15, 0.2) is 0 Å². The Labute approximate surface area is 68.9 Å². The molecule has 1 aliphatic carbocycles. The van der Waals surface area contributed by atoms with Crippen LogP contribution in [0.5, 0.6) is 0 Å². The van der Waals surface area contributed by atoms with Gasteiger partial charge in [0.2, 0.25) is 0 Å². The molecule has 1 N–H and O–H groups in total. The van der Waals surface area contributed by atoms with E-state index in [4.69, 9.17) is 5.11 Å². The van der Waals surface area contributed by atoms with Crippen molar-refractivity contribution in [2.45, 2.75) is 24.9 Å². The van der Waals surface area contributed by atoms with E-state index < -0.39 is 18.1 Å². The molecule has 1 atom stereocenters. The number of rotatable bonds is 2. The average Bonchev–Trinajstić information content (AvgIpc) is 2.75. The van der Waals surface area contributed by atoms with Crippen molar-refractivity contribution in [3.8, 4) is 0 Å². The fourth-order valence-corrected chi connectivity index (χ4v) is 1.38. The summed E-state index contributed by atoms with van der Waals surface area (Å²) in [7, 11) is 0. The minimum Gasteiger partial charge on any atom is -0.480 e. The molecule has 0 spiro atoms. The molecule has 1 unspecified atom stereocenters. The number of ether oxygens (including phenoxy) is 1. The summed E-state index contributed by atoms with van der Waals surface area (Å²) in [4.78, 5) is 23.0. The Kier molecular flexibility index (Phi) is 1.46. The number of carbonyl (C=O) groups is 2. The third kappa shape index (κ3) is 1.01. The minimum absolute atomic E-state index is 0.00926. The van der Waals surface area contributed by atoms with E-state index >= 15 is 0 Å². The fourth-order valence-electron chi connectivity index (χ4n) is 1.38. The first-order chi connectivity index (χ1) is 5.70. The molecule has 1 amide bonds. The van der Waals surface area contributed by atoms with Gasteiger partial charge in [0.05, 0.1) is 0 Å². The number of hydrogen-bond donors (Lipinski definition) is 1. The summed E-state index contributed by atoms with van der Waals surface area (Å²) >= 11 is 0. The van der Waals surface area contributed by atoms with E-state index in [1.54, 1.807) is 0 Å². The number of amides is 1. The highest BCUT2D eigenvalue weighted by Crippen LogP contribution is 2.31. The lowest BCUT2D eigenvalue weighted by Crippen LogP contribution is -2.40. The zero-order valence-electron chi connectivity index (χ0n) is 6.40. The molecule has 12 heavy (non-hydrogen) atoms. The smallest absolute Gasteiger partial charge is 0.410 e. The molecule has 2 aliphatic rings. The molecule has 1 heterocycles. The predicted molar refractivity (Wildman–Crippen MR) is 37.6 cm³/mol. The van der Waals surface area contributed by atoms with Crippen LogP contribution < -0.4 is 0 Å². The van der Waals surface area contributed by atoms with E-state index in [1.165, 1.54) is 4.90 Å². The second kappa shape index (κ2) is 2.36. The summed E-state index contributed by atoms with van der Waals surface area (Å²) in [6, 6.07) is -0.647. The number of carbonyl (C=O) groups excluding carboxylic acids is 1. The lowest BCUT2D eigenvalue weighted by atomic mass is 10.3. The Hall–Kier alpha value is -1.26. The molecule has 1 saturated heterocycles. The molecule has 0 aromatic carbocycles. The van der Waals surface area contributed by atoms with Crippen molar-refractivity contribution in [1.29, 1.82) is 0 Å². The molecule has 5 heteroatoms. The molecule has 0 aromatic rings. The first-order valence-corrected chi connectivity index (χ1v) is 3.88. The van der Waals surface area contributed by atoms with Gasteiger partial charge in [0.25, 0.3) is 0 Å². The molecule has 0 aromatic heterocycles. The van der Waals surface area contributed by atoms with Gasteiger partial charge in [-0.25, -0.2) is 9.59 Å². The molecular weight excluding hydrogens is 162 g/mol. The Balaban J connectivity index is 2.13. The molecule has 66 valence electrons. The highest BCUT2D eigenvalue weighted by molar-refractivity contribution is 5.83. The maximum atomic E-state index is 11.0. The molecular formula is C7H9NO4. The van der Waals surface area contributed by atoms with Crippen molar-refractivity contribution >= 4 is 12.1 Å². The van der Waals surface area contributed by atoms with Crippen LogP contribution in [0.4, 0.5) is 4.79 Å². The number of cyclic esters (lactones) is 1. The van der Waals surface area contributed by atoms with Gasteiger partial charge in [-0.1, -0.05) is 0 Å². The van der Waals surface area contributed by atoms with E-state index in [0.29, 0.717) is 0 Å². The Bertz CT molecular complexity index is 236. The third-order valence-corrected chi connectivity index (χ3v) is 2.14. The van der Waals surface area contributed by atoms with Crippen molar-refractivity contribution < 1.29 is 19.4 Å². The van der Waals surface area contributed by atoms with Crippen LogP contribution in [-0.4, -0.2) is 40.8 Å². The lowest BCUT2D eigenvalue weighted by molar-refractivity contribution is -0.141. The van der Waals surface area contributed by atoms with Gasteiger partial charge in [0, 0.05) is 6.04 Å². The van der Waals surface area contributed by atoms with Crippen LogP contribution in [0.2, 0.25) is 0 Å². The minimum atomic E-state index is -0.979. The first kappa shape index (κ1) is 7.39. The third-order valence-electron chi connectivity index (χ3n) is 2.14. The number of nitrogens with zero attached hydrogens (tertiary/aromatic N) is 1. The average molecular weight is 171 g/mol. The normalized spacial score (nSPS) is 28.8. The summed E-state index contributed by atoms with van der Waals surface area (Å²) in [6.07, 6.45) is 1.32. The number of hydrogen-bond acceptors (Lipinski definition) is 3. The number of aliphatic carboxylic acids is 1. The van der Waals surface area contributed by atoms with Crippen LogP contribution in [0, 0.1) is 0 Å². The van der Waals surface area contributed by atoms with Gasteiger partial charge < -0.3 is 9.84 Å². The van der Waals surface area contributed by atoms with Gasteiger partial charge in [-0.3, -0.25) is 4.90 Å². The van der Waals surface area contributed by atoms with Crippen molar-refractivity contribution in [1.82, 2.24) is 4.90 Å². The van der Waals surface area contributed by atoms with Crippen molar-refractivity contribution in [2.24, 2.45) is 0 Å². The maximum Gasteiger partial charge on any atom is 0.410 e. The lowest BCUT2D eigenvalue weighted by Gasteiger charge is -2.16. The van der Waals surface area contributed by atoms with E-state index in [1.807, 2.05) is 0 Å². The van der Waals surface area contributed by atoms with Crippen molar-refractivity contribution in [3.05, 3.63) is 0 Å². The molecule has 2 rings (SSSR count). The maximum absolute atomic E-state index is 11.0. The molecule has 1 aliphatic heterocycles. The predicted octanol–water partition coefficient (Wildman–Crippen LogP) is 0.0542. The molecule has 5 nitrogen and oxygen atoms in total. The zero-order chi connectivity index (χ0) is 8.72. The van der Waals surface area contributed by atoms with Crippen molar-refractivity contribution in [2.75, 3.05) is 6.61 Å². The van der Waals surface area contributed by atoms with Gasteiger partial charge in [0.15, 0.2) is 6.04 Å². The quantitative estimate of drug-likeness (QED) is 0.637. The summed E-state index contributed by atoms with van der Waals surface area (Å²) < 4.78 is 4.65. The molecule has 0 radical (unpaired) electrons. The van der Waals surface area contributed by atoms with Crippen molar-refractivity contribution in [3.63, 3.8) is 0 Å². The monoisotopic (exact) mass is 171 g/mol.